The predicted octanol–water partition coefficient (Wildman–Crippen LogP) is 3.02. The molecule has 0 radical (unpaired) electrons. The topological polar surface area (TPSA) is 41.1 Å². The molecule has 2 aliphatic rings. The fraction of sp³-hybridized carbons (Fsp3) is 0.733. The molecule has 1 aromatic rings. The number of anilines is 2. The van der Waals surface area contributed by atoms with Crippen LogP contribution in [-0.2, 0) is 0 Å². The normalized spacial score (nSPS) is 25.4. The van der Waals surface area contributed by atoms with Crippen LogP contribution in [0.2, 0.25) is 0 Å². The van der Waals surface area contributed by atoms with E-state index >= 15 is 0 Å². The molecule has 4 heteroatoms. The lowest BCUT2D eigenvalue weighted by molar-refractivity contribution is 0.548. The van der Waals surface area contributed by atoms with E-state index in [9.17, 15) is 0 Å². The molecule has 1 saturated carbocycles. The third kappa shape index (κ3) is 2.17. The molecule has 104 valence electrons. The molecular weight excluding hydrogens is 236 g/mol. The lowest BCUT2D eigenvalue weighted by Gasteiger charge is -2.31. The van der Waals surface area contributed by atoms with E-state index in [0.29, 0.717) is 12.0 Å². The molecule has 0 spiro atoms. The Morgan fingerprint density at radius 3 is 2.79 bits per heavy atom. The average Bonchev–Trinajstić information content (AvgIpc) is 3.00. The van der Waals surface area contributed by atoms with Crippen molar-refractivity contribution < 1.29 is 0 Å². The van der Waals surface area contributed by atoms with Gasteiger partial charge in [0.05, 0.1) is 0 Å². The van der Waals surface area contributed by atoms with Gasteiger partial charge in [0.15, 0.2) is 0 Å². The molecule has 2 heterocycles. The van der Waals surface area contributed by atoms with Gasteiger partial charge in [-0.05, 0) is 38.0 Å². The maximum atomic E-state index is 4.62. The summed E-state index contributed by atoms with van der Waals surface area (Å²) in [4.78, 5) is 11.6. The number of piperidine rings is 1. The van der Waals surface area contributed by atoms with Crippen molar-refractivity contribution in [2.75, 3.05) is 23.3 Å². The first kappa shape index (κ1) is 12.7. The Labute approximate surface area is 115 Å². The molecule has 3 rings (SSSR count). The Hall–Kier alpha value is -1.32. The van der Waals surface area contributed by atoms with Crippen LogP contribution in [-0.4, -0.2) is 29.1 Å². The minimum atomic E-state index is 0.448. The van der Waals surface area contributed by atoms with E-state index in [1.807, 2.05) is 0 Å². The van der Waals surface area contributed by atoms with Crippen LogP contribution in [0.4, 0.5) is 11.6 Å². The Kier molecular flexibility index (Phi) is 3.33. The maximum absolute atomic E-state index is 4.62. The standard InChI is InChI=1S/C15H24N4/c1-4-16-14-13(10(2)3)15(18-9-17-14)19-8-11-5-6-12(19)7-11/h9-12H,4-8H2,1-3H3,(H,16,17,18). The molecule has 2 atom stereocenters. The fourth-order valence-electron chi connectivity index (χ4n) is 3.64. The van der Waals surface area contributed by atoms with Gasteiger partial charge in [-0.15, -0.1) is 0 Å². The van der Waals surface area contributed by atoms with E-state index in [0.717, 1.165) is 18.3 Å². The van der Waals surface area contributed by atoms with Crippen molar-refractivity contribution in [1.82, 2.24) is 9.97 Å². The van der Waals surface area contributed by atoms with E-state index in [1.54, 1.807) is 6.33 Å². The smallest absolute Gasteiger partial charge is 0.137 e. The summed E-state index contributed by atoms with van der Waals surface area (Å²) in [6, 6.07) is 0.715. The second-order valence-electron chi connectivity index (χ2n) is 6.13. The van der Waals surface area contributed by atoms with Gasteiger partial charge < -0.3 is 10.2 Å². The van der Waals surface area contributed by atoms with Crippen molar-refractivity contribution in [3.63, 3.8) is 0 Å². The van der Waals surface area contributed by atoms with Gasteiger partial charge in [-0.2, -0.15) is 0 Å². The Bertz CT molecular complexity index is 457. The first-order valence-corrected chi connectivity index (χ1v) is 7.56. The number of hydrogen-bond donors (Lipinski definition) is 1. The molecule has 1 saturated heterocycles. The molecule has 19 heavy (non-hydrogen) atoms. The molecule has 1 aliphatic heterocycles. The highest BCUT2D eigenvalue weighted by molar-refractivity contribution is 5.61. The second-order valence-corrected chi connectivity index (χ2v) is 6.13. The Morgan fingerprint density at radius 2 is 2.21 bits per heavy atom. The highest BCUT2D eigenvalue weighted by atomic mass is 15.3. The minimum Gasteiger partial charge on any atom is -0.370 e. The summed E-state index contributed by atoms with van der Waals surface area (Å²) in [5.74, 6) is 3.53. The number of hydrogen-bond acceptors (Lipinski definition) is 4. The third-order valence-electron chi connectivity index (χ3n) is 4.47. The van der Waals surface area contributed by atoms with Crippen LogP contribution in [0.15, 0.2) is 6.33 Å². The van der Waals surface area contributed by atoms with Crippen molar-refractivity contribution >= 4 is 11.6 Å². The van der Waals surface area contributed by atoms with Gasteiger partial charge in [0.1, 0.15) is 18.0 Å². The summed E-state index contributed by atoms with van der Waals surface area (Å²) in [5, 5.41) is 3.39. The maximum Gasteiger partial charge on any atom is 0.137 e. The molecule has 4 nitrogen and oxygen atoms in total. The lowest BCUT2D eigenvalue weighted by atomic mass is 10.0. The molecule has 2 unspecified atom stereocenters. The van der Waals surface area contributed by atoms with Gasteiger partial charge in [-0.3, -0.25) is 0 Å². The number of fused-ring (bicyclic) bond motifs is 2. The molecule has 0 aromatic carbocycles. The summed E-state index contributed by atoms with van der Waals surface area (Å²) < 4.78 is 0. The molecule has 1 N–H and O–H groups in total. The van der Waals surface area contributed by atoms with E-state index in [2.05, 4.69) is 41.0 Å². The predicted molar refractivity (Wildman–Crippen MR) is 78.8 cm³/mol. The summed E-state index contributed by atoms with van der Waals surface area (Å²) in [6.07, 6.45) is 5.81. The highest BCUT2D eigenvalue weighted by Crippen LogP contribution is 2.42. The third-order valence-corrected chi connectivity index (χ3v) is 4.47. The average molecular weight is 260 g/mol. The Balaban J connectivity index is 1.98. The zero-order chi connectivity index (χ0) is 13.4. The van der Waals surface area contributed by atoms with E-state index in [1.165, 1.54) is 37.2 Å². The van der Waals surface area contributed by atoms with E-state index in [-0.39, 0.29) is 0 Å². The summed E-state index contributed by atoms with van der Waals surface area (Å²) in [7, 11) is 0. The lowest BCUT2D eigenvalue weighted by Crippen LogP contribution is -2.34. The summed E-state index contributed by atoms with van der Waals surface area (Å²) in [5.41, 5.74) is 1.29. The van der Waals surface area contributed by atoms with Crippen molar-refractivity contribution in [1.29, 1.82) is 0 Å². The van der Waals surface area contributed by atoms with Crippen LogP contribution < -0.4 is 10.2 Å². The van der Waals surface area contributed by atoms with E-state index < -0.39 is 0 Å². The monoisotopic (exact) mass is 260 g/mol. The van der Waals surface area contributed by atoms with Crippen LogP contribution >= 0.6 is 0 Å². The Morgan fingerprint density at radius 1 is 1.37 bits per heavy atom. The first-order valence-electron chi connectivity index (χ1n) is 7.56. The van der Waals surface area contributed by atoms with Crippen molar-refractivity contribution in [2.45, 2.75) is 52.0 Å². The SMILES string of the molecule is CCNc1ncnc(N2CC3CCC2C3)c1C(C)C. The highest BCUT2D eigenvalue weighted by Gasteiger charge is 2.39. The van der Waals surface area contributed by atoms with Gasteiger partial charge in [0.2, 0.25) is 0 Å². The van der Waals surface area contributed by atoms with Gasteiger partial charge in [-0.1, -0.05) is 13.8 Å². The first-order chi connectivity index (χ1) is 9.20. The van der Waals surface area contributed by atoms with Crippen molar-refractivity contribution in [3.8, 4) is 0 Å². The number of rotatable bonds is 4. The van der Waals surface area contributed by atoms with Crippen molar-refractivity contribution in [3.05, 3.63) is 11.9 Å². The number of nitrogens with one attached hydrogen (secondary N) is 1. The molecule has 1 aromatic heterocycles. The van der Waals surface area contributed by atoms with Crippen LogP contribution in [0, 0.1) is 5.92 Å². The zero-order valence-corrected chi connectivity index (χ0v) is 12.2. The van der Waals surface area contributed by atoms with Crippen molar-refractivity contribution in [2.24, 2.45) is 5.92 Å². The second kappa shape index (κ2) is 4.99. The zero-order valence-electron chi connectivity index (χ0n) is 12.2. The minimum absolute atomic E-state index is 0.448. The van der Waals surface area contributed by atoms with Crippen LogP contribution in [0.25, 0.3) is 0 Å². The summed E-state index contributed by atoms with van der Waals surface area (Å²) >= 11 is 0. The van der Waals surface area contributed by atoms with Crippen LogP contribution in [0.3, 0.4) is 0 Å². The van der Waals surface area contributed by atoms with Gasteiger partial charge >= 0.3 is 0 Å². The van der Waals surface area contributed by atoms with Crippen LogP contribution in [0.1, 0.15) is 51.5 Å². The number of nitrogens with zero attached hydrogens (tertiary/aromatic N) is 3. The fourth-order valence-corrected chi connectivity index (χ4v) is 3.64. The summed E-state index contributed by atoms with van der Waals surface area (Å²) in [6.45, 7) is 8.67. The largest absolute Gasteiger partial charge is 0.370 e. The van der Waals surface area contributed by atoms with Crippen LogP contribution in [0.5, 0.6) is 0 Å². The quantitative estimate of drug-likeness (QED) is 0.903. The van der Waals surface area contributed by atoms with Gasteiger partial charge in [0.25, 0.3) is 0 Å². The van der Waals surface area contributed by atoms with Gasteiger partial charge in [0, 0.05) is 24.7 Å². The molecule has 1 aliphatic carbocycles. The molecular formula is C15H24N4. The molecule has 0 amide bonds. The van der Waals surface area contributed by atoms with Gasteiger partial charge in [-0.25, -0.2) is 9.97 Å². The van der Waals surface area contributed by atoms with E-state index in [4.69, 9.17) is 0 Å². The molecule has 2 bridgehead atoms. The number of aromatic nitrogens is 2. The molecule has 2 fully saturated rings.